The van der Waals surface area contributed by atoms with Crippen LogP contribution in [0.25, 0.3) is 0 Å². The molecule has 0 aliphatic carbocycles. The molecule has 0 spiro atoms. The van der Waals surface area contributed by atoms with Crippen LogP contribution >= 0.6 is 11.3 Å². The maximum atomic E-state index is 12.7. The number of esters is 1. The number of nitrogens with zero attached hydrogens (tertiary/aromatic N) is 2. The number of nitrogens with one attached hydrogen (secondary N) is 1. The van der Waals surface area contributed by atoms with E-state index in [0.717, 1.165) is 4.88 Å². The quantitative estimate of drug-likeness (QED) is 0.692. The lowest BCUT2D eigenvalue weighted by Crippen LogP contribution is -2.50. The van der Waals surface area contributed by atoms with Crippen molar-refractivity contribution in [2.45, 2.75) is 11.8 Å². The van der Waals surface area contributed by atoms with Gasteiger partial charge in [0.15, 0.2) is 0 Å². The van der Waals surface area contributed by atoms with Crippen LogP contribution in [0.15, 0.2) is 41.3 Å². The van der Waals surface area contributed by atoms with E-state index in [2.05, 4.69) is 5.32 Å². The molecule has 29 heavy (non-hydrogen) atoms. The van der Waals surface area contributed by atoms with E-state index in [4.69, 9.17) is 4.74 Å². The molecule has 1 aromatic heterocycles. The van der Waals surface area contributed by atoms with Crippen LogP contribution in [0.1, 0.15) is 15.2 Å². The molecule has 1 fully saturated rings. The second-order valence-corrected chi connectivity index (χ2v) is 9.83. The monoisotopic (exact) mass is 437 g/mol. The molecule has 0 saturated carbocycles. The molecule has 1 aromatic carbocycles. The zero-order chi connectivity index (χ0) is 21.0. The summed E-state index contributed by atoms with van der Waals surface area (Å²) in [7, 11) is -2.23. The highest BCUT2D eigenvalue weighted by atomic mass is 32.2. The Morgan fingerprint density at radius 3 is 2.41 bits per heavy atom. The van der Waals surface area contributed by atoms with Gasteiger partial charge < -0.3 is 10.1 Å². The number of amides is 1. The Kier molecular flexibility index (Phi) is 6.68. The van der Waals surface area contributed by atoms with Crippen LogP contribution in [0.3, 0.4) is 0 Å². The van der Waals surface area contributed by atoms with Crippen molar-refractivity contribution in [1.82, 2.24) is 9.21 Å². The first-order valence-corrected chi connectivity index (χ1v) is 11.3. The van der Waals surface area contributed by atoms with Crippen molar-refractivity contribution in [2.24, 2.45) is 0 Å². The summed E-state index contributed by atoms with van der Waals surface area (Å²) in [6.45, 7) is 3.50. The molecule has 1 aliphatic heterocycles. The number of thiophene rings is 1. The number of ether oxygens (including phenoxy) is 1. The summed E-state index contributed by atoms with van der Waals surface area (Å²) in [5.41, 5.74) is 0.335. The van der Waals surface area contributed by atoms with Gasteiger partial charge >= 0.3 is 5.97 Å². The van der Waals surface area contributed by atoms with E-state index in [0.29, 0.717) is 36.7 Å². The van der Waals surface area contributed by atoms with E-state index < -0.39 is 16.0 Å². The normalized spacial score (nSPS) is 15.8. The Bertz CT molecular complexity index is 981. The molecule has 1 saturated heterocycles. The highest BCUT2D eigenvalue weighted by Crippen LogP contribution is 2.28. The van der Waals surface area contributed by atoms with Crippen molar-refractivity contribution < 1.29 is 22.7 Å². The van der Waals surface area contributed by atoms with Gasteiger partial charge in [-0.3, -0.25) is 9.69 Å². The van der Waals surface area contributed by atoms with Crippen molar-refractivity contribution in [1.29, 1.82) is 0 Å². The summed E-state index contributed by atoms with van der Waals surface area (Å²) in [6.07, 6.45) is 0. The number of benzene rings is 1. The fourth-order valence-electron chi connectivity index (χ4n) is 3.11. The van der Waals surface area contributed by atoms with Crippen molar-refractivity contribution >= 4 is 38.2 Å². The Morgan fingerprint density at radius 2 is 1.79 bits per heavy atom. The van der Waals surface area contributed by atoms with Gasteiger partial charge in [-0.1, -0.05) is 18.2 Å². The molecule has 3 rings (SSSR count). The lowest BCUT2D eigenvalue weighted by molar-refractivity contribution is -0.117. The molecule has 0 unspecified atom stereocenters. The van der Waals surface area contributed by atoms with Crippen LogP contribution in [-0.4, -0.2) is 69.3 Å². The molecule has 8 nitrogen and oxygen atoms in total. The molecule has 1 amide bonds. The van der Waals surface area contributed by atoms with Gasteiger partial charge in [-0.15, -0.1) is 11.3 Å². The molecule has 10 heteroatoms. The van der Waals surface area contributed by atoms with Gasteiger partial charge in [0, 0.05) is 31.1 Å². The highest BCUT2D eigenvalue weighted by Gasteiger charge is 2.29. The molecule has 0 atom stereocenters. The molecule has 0 bridgehead atoms. The predicted molar refractivity (Wildman–Crippen MR) is 111 cm³/mol. The SMILES string of the molecule is COC(=O)c1cc(C)sc1NC(=O)CN1CCN(S(=O)(=O)c2ccccc2)CC1. The van der Waals surface area contributed by atoms with Crippen LogP contribution in [-0.2, 0) is 19.6 Å². The third-order valence-corrected chi connectivity index (χ3v) is 7.47. The number of aryl methyl sites for hydroxylation is 1. The number of carbonyl (C=O) groups is 2. The molecule has 1 N–H and O–H groups in total. The van der Waals surface area contributed by atoms with Gasteiger partial charge in [0.25, 0.3) is 0 Å². The van der Waals surface area contributed by atoms with Crippen molar-refractivity contribution in [3.8, 4) is 0 Å². The number of methoxy groups -OCH3 is 1. The van der Waals surface area contributed by atoms with Gasteiger partial charge in [0.1, 0.15) is 5.00 Å². The largest absolute Gasteiger partial charge is 0.465 e. The summed E-state index contributed by atoms with van der Waals surface area (Å²) in [5.74, 6) is -0.749. The summed E-state index contributed by atoms with van der Waals surface area (Å²) in [5, 5.41) is 3.23. The van der Waals surface area contributed by atoms with Crippen LogP contribution < -0.4 is 5.32 Å². The number of hydrogen-bond acceptors (Lipinski definition) is 7. The van der Waals surface area contributed by atoms with E-state index in [1.54, 1.807) is 36.4 Å². The number of anilines is 1. The molecule has 1 aliphatic rings. The number of hydrogen-bond donors (Lipinski definition) is 1. The molecule has 0 radical (unpaired) electrons. The molecule has 2 aromatic rings. The number of rotatable bonds is 6. The first-order chi connectivity index (χ1) is 13.8. The lowest BCUT2D eigenvalue weighted by atomic mass is 10.3. The van der Waals surface area contributed by atoms with E-state index in [1.165, 1.54) is 22.8 Å². The minimum atomic E-state index is -3.52. The van der Waals surface area contributed by atoms with Crippen LogP contribution in [0.2, 0.25) is 0 Å². The Labute approximate surface area is 174 Å². The van der Waals surface area contributed by atoms with E-state index in [-0.39, 0.29) is 17.3 Å². The van der Waals surface area contributed by atoms with Gasteiger partial charge in [-0.25, -0.2) is 13.2 Å². The van der Waals surface area contributed by atoms with E-state index >= 15 is 0 Å². The third-order valence-electron chi connectivity index (χ3n) is 4.59. The second kappa shape index (κ2) is 9.04. The minimum Gasteiger partial charge on any atom is -0.465 e. The Hall–Kier alpha value is -2.27. The topological polar surface area (TPSA) is 96.0 Å². The molecular formula is C19H23N3O5S2. The van der Waals surface area contributed by atoms with Crippen LogP contribution in [0.4, 0.5) is 5.00 Å². The summed E-state index contributed by atoms with van der Waals surface area (Å²) < 4.78 is 31.5. The van der Waals surface area contributed by atoms with Gasteiger partial charge in [0.05, 0.1) is 24.1 Å². The lowest BCUT2D eigenvalue weighted by Gasteiger charge is -2.33. The van der Waals surface area contributed by atoms with E-state index in [9.17, 15) is 18.0 Å². The maximum Gasteiger partial charge on any atom is 0.340 e. The van der Waals surface area contributed by atoms with E-state index in [1.807, 2.05) is 11.8 Å². The fraction of sp³-hybridized carbons (Fsp3) is 0.368. The van der Waals surface area contributed by atoms with Crippen molar-refractivity contribution in [2.75, 3.05) is 45.2 Å². The summed E-state index contributed by atoms with van der Waals surface area (Å²) in [6, 6.07) is 10.0. The Balaban J connectivity index is 1.56. The number of sulfonamides is 1. The predicted octanol–water partition coefficient (Wildman–Crippen LogP) is 1.79. The average Bonchev–Trinajstić information content (AvgIpc) is 3.08. The highest BCUT2D eigenvalue weighted by molar-refractivity contribution is 7.89. The molecule has 156 valence electrons. The standard InChI is InChI=1S/C19H23N3O5S2/c1-14-12-16(19(24)27-2)18(28-14)20-17(23)13-21-8-10-22(11-9-21)29(25,26)15-6-4-3-5-7-15/h3-7,12H,8-11,13H2,1-2H3,(H,20,23). The van der Waals surface area contributed by atoms with Gasteiger partial charge in [0.2, 0.25) is 15.9 Å². The van der Waals surface area contributed by atoms with Crippen molar-refractivity contribution in [3.05, 3.63) is 46.8 Å². The molecular weight excluding hydrogens is 414 g/mol. The van der Waals surface area contributed by atoms with Crippen LogP contribution in [0.5, 0.6) is 0 Å². The maximum absolute atomic E-state index is 12.7. The van der Waals surface area contributed by atoms with Crippen LogP contribution in [0, 0.1) is 6.92 Å². The van der Waals surface area contributed by atoms with Crippen molar-refractivity contribution in [3.63, 3.8) is 0 Å². The first-order valence-electron chi connectivity index (χ1n) is 9.07. The smallest absolute Gasteiger partial charge is 0.340 e. The van der Waals surface area contributed by atoms with Gasteiger partial charge in [-0.2, -0.15) is 4.31 Å². The summed E-state index contributed by atoms with van der Waals surface area (Å²) >= 11 is 1.31. The summed E-state index contributed by atoms with van der Waals surface area (Å²) in [4.78, 5) is 27.3. The van der Waals surface area contributed by atoms with Gasteiger partial charge in [-0.05, 0) is 25.1 Å². The number of piperazine rings is 1. The average molecular weight is 438 g/mol. The minimum absolute atomic E-state index is 0.122. The third kappa shape index (κ3) is 5.02. The first kappa shape index (κ1) is 21.4. The second-order valence-electron chi connectivity index (χ2n) is 6.63. The fourth-order valence-corrected chi connectivity index (χ4v) is 5.47. The number of carbonyl (C=O) groups excluding carboxylic acids is 2. The zero-order valence-electron chi connectivity index (χ0n) is 16.3. The zero-order valence-corrected chi connectivity index (χ0v) is 17.9. The Morgan fingerprint density at radius 1 is 1.14 bits per heavy atom. The molecule has 2 heterocycles.